The Balaban J connectivity index is 2.49. The Morgan fingerprint density at radius 3 is 2.69 bits per heavy atom. The zero-order valence-corrected chi connectivity index (χ0v) is 8.71. The van der Waals surface area contributed by atoms with Gasteiger partial charge in [0.15, 0.2) is 0 Å². The Hall–Kier alpha value is -0.760. The van der Waals surface area contributed by atoms with E-state index in [0.717, 1.165) is 18.1 Å². The van der Waals surface area contributed by atoms with E-state index in [1.165, 1.54) is 0 Å². The van der Waals surface area contributed by atoms with Crippen LogP contribution in [-0.4, -0.2) is 11.6 Å². The molecule has 0 aliphatic carbocycles. The molecule has 0 saturated carbocycles. The fraction of sp³-hybridized carbons (Fsp3) is 0.500. The maximum Gasteiger partial charge on any atom is 0.137 e. The van der Waals surface area contributed by atoms with Crippen LogP contribution >= 0.6 is 11.6 Å². The summed E-state index contributed by atoms with van der Waals surface area (Å²) < 4.78 is 5.46. The molecule has 0 N–H and O–H groups in total. The molecular formula is C10H14ClNO. The van der Waals surface area contributed by atoms with Crippen molar-refractivity contribution in [3.05, 3.63) is 24.0 Å². The van der Waals surface area contributed by atoms with Gasteiger partial charge in [-0.1, -0.05) is 13.8 Å². The second-order valence-corrected chi connectivity index (χ2v) is 3.59. The molecule has 0 atom stereocenters. The molecule has 72 valence electrons. The number of ether oxygens (including phenoxy) is 1. The Morgan fingerprint density at radius 2 is 2.23 bits per heavy atom. The third kappa shape index (κ3) is 3.64. The molecule has 0 fully saturated rings. The first-order valence-corrected chi connectivity index (χ1v) is 4.89. The van der Waals surface area contributed by atoms with Gasteiger partial charge in [-0.15, -0.1) is 11.6 Å². The van der Waals surface area contributed by atoms with E-state index >= 15 is 0 Å². The van der Waals surface area contributed by atoms with E-state index in [2.05, 4.69) is 18.8 Å². The van der Waals surface area contributed by atoms with Gasteiger partial charge in [0, 0.05) is 0 Å². The van der Waals surface area contributed by atoms with Crippen molar-refractivity contribution in [3.8, 4) is 5.75 Å². The predicted molar refractivity (Wildman–Crippen MR) is 54.1 cm³/mol. The first-order valence-electron chi connectivity index (χ1n) is 4.36. The molecule has 0 unspecified atom stereocenters. The molecule has 1 heterocycles. The largest absolute Gasteiger partial charge is 0.492 e. The van der Waals surface area contributed by atoms with Crippen molar-refractivity contribution in [2.24, 2.45) is 5.92 Å². The highest BCUT2D eigenvalue weighted by Crippen LogP contribution is 2.11. The van der Waals surface area contributed by atoms with Crippen molar-refractivity contribution in [2.75, 3.05) is 6.61 Å². The fourth-order valence-corrected chi connectivity index (χ4v) is 0.996. The molecule has 1 aromatic rings. The van der Waals surface area contributed by atoms with Crippen LogP contribution in [0, 0.1) is 5.92 Å². The maximum atomic E-state index is 5.60. The van der Waals surface area contributed by atoms with Crippen molar-refractivity contribution in [1.29, 1.82) is 0 Å². The Labute approximate surface area is 83.9 Å². The minimum Gasteiger partial charge on any atom is -0.492 e. The highest BCUT2D eigenvalue weighted by atomic mass is 35.5. The van der Waals surface area contributed by atoms with Crippen molar-refractivity contribution >= 4 is 11.6 Å². The molecular weight excluding hydrogens is 186 g/mol. The van der Waals surface area contributed by atoms with Crippen LogP contribution in [-0.2, 0) is 5.88 Å². The number of hydrogen-bond acceptors (Lipinski definition) is 2. The van der Waals surface area contributed by atoms with Crippen LogP contribution in [0.3, 0.4) is 0 Å². The standard InChI is InChI=1S/C10H14ClNO/c1-8(2)7-13-10-4-3-9(5-11)12-6-10/h3-4,6,8H,5,7H2,1-2H3. The third-order valence-electron chi connectivity index (χ3n) is 1.52. The van der Waals surface area contributed by atoms with Crippen molar-refractivity contribution in [3.63, 3.8) is 0 Å². The van der Waals surface area contributed by atoms with Gasteiger partial charge in [0.05, 0.1) is 24.4 Å². The normalized spacial score (nSPS) is 10.5. The number of aromatic nitrogens is 1. The van der Waals surface area contributed by atoms with Gasteiger partial charge in [-0.3, -0.25) is 4.98 Å². The molecule has 0 radical (unpaired) electrons. The van der Waals surface area contributed by atoms with Gasteiger partial charge in [0.25, 0.3) is 0 Å². The Kier molecular flexibility index (Phi) is 4.03. The second kappa shape index (κ2) is 5.07. The lowest BCUT2D eigenvalue weighted by molar-refractivity contribution is 0.270. The van der Waals surface area contributed by atoms with Gasteiger partial charge >= 0.3 is 0 Å². The van der Waals surface area contributed by atoms with Crippen molar-refractivity contribution in [1.82, 2.24) is 4.98 Å². The summed E-state index contributed by atoms with van der Waals surface area (Å²) in [5.74, 6) is 1.79. The van der Waals surface area contributed by atoms with Gasteiger partial charge in [0.1, 0.15) is 5.75 Å². The monoisotopic (exact) mass is 199 g/mol. The molecule has 13 heavy (non-hydrogen) atoms. The minimum absolute atomic E-state index is 0.449. The van der Waals surface area contributed by atoms with Crippen molar-refractivity contribution < 1.29 is 4.74 Å². The van der Waals surface area contributed by atoms with Crippen LogP contribution in [0.1, 0.15) is 19.5 Å². The van der Waals surface area contributed by atoms with Gasteiger partial charge in [-0.25, -0.2) is 0 Å². The van der Waals surface area contributed by atoms with E-state index in [9.17, 15) is 0 Å². The van der Waals surface area contributed by atoms with Crippen LogP contribution in [0.5, 0.6) is 5.75 Å². The average molecular weight is 200 g/mol. The maximum absolute atomic E-state index is 5.60. The number of hydrogen-bond donors (Lipinski definition) is 0. The summed E-state index contributed by atoms with van der Waals surface area (Å²) in [7, 11) is 0. The van der Waals surface area contributed by atoms with E-state index in [1.54, 1.807) is 6.20 Å². The van der Waals surface area contributed by atoms with E-state index < -0.39 is 0 Å². The summed E-state index contributed by atoms with van der Waals surface area (Å²) in [6.45, 7) is 4.95. The summed E-state index contributed by atoms with van der Waals surface area (Å²) in [4.78, 5) is 4.12. The summed E-state index contributed by atoms with van der Waals surface area (Å²) in [5.41, 5.74) is 0.874. The van der Waals surface area contributed by atoms with E-state index in [0.29, 0.717) is 11.8 Å². The summed E-state index contributed by atoms with van der Waals surface area (Å²) >= 11 is 5.60. The average Bonchev–Trinajstić information content (AvgIpc) is 2.15. The molecule has 0 spiro atoms. The lowest BCUT2D eigenvalue weighted by Crippen LogP contribution is -2.04. The molecule has 3 heteroatoms. The molecule has 1 aromatic heterocycles. The Morgan fingerprint density at radius 1 is 1.46 bits per heavy atom. The summed E-state index contributed by atoms with van der Waals surface area (Å²) in [5, 5.41) is 0. The van der Waals surface area contributed by atoms with Gasteiger partial charge < -0.3 is 4.74 Å². The van der Waals surface area contributed by atoms with Crippen LogP contribution in [0.2, 0.25) is 0 Å². The topological polar surface area (TPSA) is 22.1 Å². The number of nitrogens with zero attached hydrogens (tertiary/aromatic N) is 1. The Bertz CT molecular complexity index is 246. The quantitative estimate of drug-likeness (QED) is 0.696. The van der Waals surface area contributed by atoms with Gasteiger partial charge in [0.2, 0.25) is 0 Å². The molecule has 0 saturated heterocycles. The third-order valence-corrected chi connectivity index (χ3v) is 1.79. The number of halogens is 1. The number of pyridine rings is 1. The first kappa shape index (κ1) is 10.3. The second-order valence-electron chi connectivity index (χ2n) is 3.32. The zero-order valence-electron chi connectivity index (χ0n) is 7.96. The lowest BCUT2D eigenvalue weighted by atomic mass is 10.2. The van der Waals surface area contributed by atoms with Crippen LogP contribution < -0.4 is 4.74 Å². The van der Waals surface area contributed by atoms with E-state index in [1.807, 2.05) is 12.1 Å². The molecule has 0 amide bonds. The fourth-order valence-electron chi connectivity index (χ4n) is 0.838. The summed E-state index contributed by atoms with van der Waals surface area (Å²) in [6, 6.07) is 3.77. The summed E-state index contributed by atoms with van der Waals surface area (Å²) in [6.07, 6.45) is 1.71. The first-order chi connectivity index (χ1) is 6.22. The van der Waals surface area contributed by atoms with Gasteiger partial charge in [-0.05, 0) is 18.1 Å². The smallest absolute Gasteiger partial charge is 0.137 e. The highest BCUT2D eigenvalue weighted by Gasteiger charge is 1.97. The van der Waals surface area contributed by atoms with E-state index in [4.69, 9.17) is 16.3 Å². The van der Waals surface area contributed by atoms with E-state index in [-0.39, 0.29) is 0 Å². The SMILES string of the molecule is CC(C)COc1ccc(CCl)nc1. The molecule has 0 aliphatic heterocycles. The molecule has 0 bridgehead atoms. The lowest BCUT2D eigenvalue weighted by Gasteiger charge is -2.07. The zero-order chi connectivity index (χ0) is 9.68. The molecule has 2 nitrogen and oxygen atoms in total. The molecule has 1 rings (SSSR count). The molecule has 0 aromatic carbocycles. The number of rotatable bonds is 4. The van der Waals surface area contributed by atoms with Crippen LogP contribution in [0.25, 0.3) is 0 Å². The predicted octanol–water partition coefficient (Wildman–Crippen LogP) is 2.86. The van der Waals surface area contributed by atoms with Gasteiger partial charge in [-0.2, -0.15) is 0 Å². The number of alkyl halides is 1. The minimum atomic E-state index is 0.449. The van der Waals surface area contributed by atoms with Crippen LogP contribution in [0.15, 0.2) is 18.3 Å². The highest BCUT2D eigenvalue weighted by molar-refractivity contribution is 6.16. The van der Waals surface area contributed by atoms with Crippen LogP contribution in [0.4, 0.5) is 0 Å². The molecule has 0 aliphatic rings. The van der Waals surface area contributed by atoms with Crippen molar-refractivity contribution in [2.45, 2.75) is 19.7 Å².